The van der Waals surface area contributed by atoms with Crippen LogP contribution in [0.2, 0.25) is 0 Å². The topological polar surface area (TPSA) is 105 Å². The average Bonchev–Trinajstić information content (AvgIpc) is 2.72. The van der Waals surface area contributed by atoms with Gasteiger partial charge in [-0.05, 0) is 24.8 Å². The standard InChI is InChI=1S/C11H19N3O3S/c1-8(2)4-3-5-13-11(15)10-6-9(7-14-10)18(12,16)17/h6-8,14H,3-5H2,1-2H3,(H,13,15)(H2,12,16,17). The molecule has 102 valence electrons. The minimum Gasteiger partial charge on any atom is -0.356 e. The van der Waals surface area contributed by atoms with Gasteiger partial charge in [0.05, 0.1) is 4.90 Å². The number of primary sulfonamides is 1. The van der Waals surface area contributed by atoms with Gasteiger partial charge in [-0.15, -0.1) is 0 Å². The maximum Gasteiger partial charge on any atom is 0.267 e. The fraction of sp³-hybridized carbons (Fsp3) is 0.545. The third-order valence-corrected chi connectivity index (χ3v) is 3.37. The van der Waals surface area contributed by atoms with Gasteiger partial charge in [-0.25, -0.2) is 13.6 Å². The monoisotopic (exact) mass is 273 g/mol. The molecule has 6 nitrogen and oxygen atoms in total. The first kappa shape index (κ1) is 14.7. The van der Waals surface area contributed by atoms with Crippen molar-refractivity contribution >= 4 is 15.9 Å². The van der Waals surface area contributed by atoms with E-state index in [0.29, 0.717) is 12.5 Å². The van der Waals surface area contributed by atoms with Gasteiger partial charge in [0.15, 0.2) is 0 Å². The molecule has 1 heterocycles. The van der Waals surface area contributed by atoms with E-state index in [0.717, 1.165) is 12.8 Å². The first-order valence-electron chi connectivity index (χ1n) is 5.80. The van der Waals surface area contributed by atoms with E-state index in [1.54, 1.807) is 0 Å². The van der Waals surface area contributed by atoms with Crippen molar-refractivity contribution in [1.29, 1.82) is 0 Å². The van der Waals surface area contributed by atoms with Gasteiger partial charge in [-0.3, -0.25) is 4.79 Å². The van der Waals surface area contributed by atoms with Crippen molar-refractivity contribution in [2.75, 3.05) is 6.54 Å². The lowest BCUT2D eigenvalue weighted by atomic mass is 10.1. The highest BCUT2D eigenvalue weighted by molar-refractivity contribution is 7.89. The quantitative estimate of drug-likeness (QED) is 0.668. The highest BCUT2D eigenvalue weighted by atomic mass is 32.2. The second-order valence-corrected chi connectivity index (χ2v) is 6.15. The van der Waals surface area contributed by atoms with Gasteiger partial charge in [-0.2, -0.15) is 0 Å². The van der Waals surface area contributed by atoms with Crippen LogP contribution in [0.25, 0.3) is 0 Å². The summed E-state index contributed by atoms with van der Waals surface area (Å²) in [5, 5.41) is 7.66. The molecule has 1 amide bonds. The molecule has 0 aliphatic rings. The predicted octanol–water partition coefficient (Wildman–Crippen LogP) is 0.828. The number of carbonyl (C=O) groups excluding carboxylic acids is 1. The highest BCUT2D eigenvalue weighted by Crippen LogP contribution is 2.08. The Morgan fingerprint density at radius 2 is 2.17 bits per heavy atom. The molecule has 4 N–H and O–H groups in total. The average molecular weight is 273 g/mol. The molecule has 7 heteroatoms. The number of nitrogens with one attached hydrogen (secondary N) is 2. The van der Waals surface area contributed by atoms with E-state index in [9.17, 15) is 13.2 Å². The summed E-state index contributed by atoms with van der Waals surface area (Å²) in [6, 6.07) is 1.23. The molecule has 0 unspecified atom stereocenters. The molecule has 0 saturated carbocycles. The second-order valence-electron chi connectivity index (χ2n) is 4.59. The van der Waals surface area contributed by atoms with Crippen LogP contribution in [0.5, 0.6) is 0 Å². The Kier molecular flexibility index (Phi) is 4.92. The SMILES string of the molecule is CC(C)CCCNC(=O)c1cc(S(N)(=O)=O)c[nH]1. The minimum atomic E-state index is -3.76. The molecule has 18 heavy (non-hydrogen) atoms. The van der Waals surface area contributed by atoms with Crippen LogP contribution in [0.15, 0.2) is 17.2 Å². The summed E-state index contributed by atoms with van der Waals surface area (Å²) in [6.07, 6.45) is 3.14. The zero-order valence-electron chi connectivity index (χ0n) is 10.6. The largest absolute Gasteiger partial charge is 0.356 e. The number of aromatic nitrogens is 1. The zero-order chi connectivity index (χ0) is 13.8. The van der Waals surface area contributed by atoms with Crippen LogP contribution in [0, 0.1) is 5.92 Å². The van der Waals surface area contributed by atoms with Crippen LogP contribution in [0.1, 0.15) is 37.2 Å². The summed E-state index contributed by atoms with van der Waals surface area (Å²) in [5.74, 6) is 0.273. The molecule has 1 aromatic heterocycles. The van der Waals surface area contributed by atoms with Crippen molar-refractivity contribution in [1.82, 2.24) is 10.3 Å². The van der Waals surface area contributed by atoms with Crippen molar-refractivity contribution in [3.05, 3.63) is 18.0 Å². The lowest BCUT2D eigenvalue weighted by molar-refractivity contribution is 0.0948. The Morgan fingerprint density at radius 1 is 1.50 bits per heavy atom. The van der Waals surface area contributed by atoms with E-state index in [4.69, 9.17) is 5.14 Å². The van der Waals surface area contributed by atoms with E-state index in [1.807, 2.05) is 0 Å². The number of rotatable bonds is 6. The molecule has 0 saturated heterocycles. The number of aromatic amines is 1. The Morgan fingerprint density at radius 3 is 2.67 bits per heavy atom. The maximum atomic E-state index is 11.7. The van der Waals surface area contributed by atoms with Crippen molar-refractivity contribution in [3.63, 3.8) is 0 Å². The normalized spacial score (nSPS) is 11.8. The minimum absolute atomic E-state index is 0.0881. The summed E-state index contributed by atoms with van der Waals surface area (Å²) < 4.78 is 22.1. The summed E-state index contributed by atoms with van der Waals surface area (Å²) in [7, 11) is -3.76. The molecule has 0 radical (unpaired) electrons. The van der Waals surface area contributed by atoms with Crippen LogP contribution < -0.4 is 10.5 Å². The third kappa shape index (κ3) is 4.50. The number of sulfonamides is 1. The number of H-pyrrole nitrogens is 1. The van der Waals surface area contributed by atoms with Crippen LogP contribution in [-0.4, -0.2) is 25.9 Å². The molecular formula is C11H19N3O3S. The fourth-order valence-electron chi connectivity index (χ4n) is 1.48. The first-order valence-corrected chi connectivity index (χ1v) is 7.34. The molecule has 0 aromatic carbocycles. The first-order chi connectivity index (χ1) is 8.30. The summed E-state index contributed by atoms with van der Waals surface area (Å²) >= 11 is 0. The van der Waals surface area contributed by atoms with Gasteiger partial charge in [0.25, 0.3) is 5.91 Å². The highest BCUT2D eigenvalue weighted by Gasteiger charge is 2.14. The van der Waals surface area contributed by atoms with Gasteiger partial charge < -0.3 is 10.3 Å². The van der Waals surface area contributed by atoms with Gasteiger partial charge >= 0.3 is 0 Å². The van der Waals surface area contributed by atoms with Crippen LogP contribution >= 0.6 is 0 Å². The third-order valence-electron chi connectivity index (χ3n) is 2.47. The summed E-state index contributed by atoms with van der Waals surface area (Å²) in [4.78, 5) is 14.2. The molecule has 1 rings (SSSR count). The van der Waals surface area contributed by atoms with Crippen molar-refractivity contribution < 1.29 is 13.2 Å². The Hall–Kier alpha value is -1.34. The van der Waals surface area contributed by atoms with Crippen LogP contribution in [0.3, 0.4) is 0 Å². The van der Waals surface area contributed by atoms with Gasteiger partial charge in [0.2, 0.25) is 10.0 Å². The van der Waals surface area contributed by atoms with E-state index in [-0.39, 0.29) is 16.5 Å². The van der Waals surface area contributed by atoms with E-state index in [2.05, 4.69) is 24.1 Å². The van der Waals surface area contributed by atoms with Crippen LogP contribution in [0.4, 0.5) is 0 Å². The van der Waals surface area contributed by atoms with Crippen LogP contribution in [-0.2, 0) is 10.0 Å². The lowest BCUT2D eigenvalue weighted by Gasteiger charge is -2.05. The Bertz CT molecular complexity index is 505. The van der Waals surface area contributed by atoms with Gasteiger partial charge in [0, 0.05) is 12.7 Å². The molecule has 0 bridgehead atoms. The smallest absolute Gasteiger partial charge is 0.267 e. The van der Waals surface area contributed by atoms with E-state index >= 15 is 0 Å². The number of carbonyl (C=O) groups is 1. The number of hydrogen-bond acceptors (Lipinski definition) is 3. The zero-order valence-corrected chi connectivity index (χ0v) is 11.4. The summed E-state index contributed by atoms with van der Waals surface area (Å²) in [6.45, 7) is 4.80. The summed E-state index contributed by atoms with van der Waals surface area (Å²) in [5.41, 5.74) is 0.198. The lowest BCUT2D eigenvalue weighted by Crippen LogP contribution is -2.25. The molecule has 0 aliphatic carbocycles. The molecule has 0 atom stereocenters. The molecule has 1 aromatic rings. The second kappa shape index (κ2) is 6.01. The molecular weight excluding hydrogens is 254 g/mol. The number of hydrogen-bond donors (Lipinski definition) is 3. The van der Waals surface area contributed by atoms with Crippen molar-refractivity contribution in [2.24, 2.45) is 11.1 Å². The number of nitrogens with two attached hydrogens (primary N) is 1. The van der Waals surface area contributed by atoms with Crippen molar-refractivity contribution in [2.45, 2.75) is 31.6 Å². The number of amides is 1. The van der Waals surface area contributed by atoms with Gasteiger partial charge in [-0.1, -0.05) is 13.8 Å². The van der Waals surface area contributed by atoms with Crippen molar-refractivity contribution in [3.8, 4) is 0 Å². The predicted molar refractivity (Wildman–Crippen MR) is 68.6 cm³/mol. The van der Waals surface area contributed by atoms with Gasteiger partial charge in [0.1, 0.15) is 5.69 Å². The fourth-order valence-corrected chi connectivity index (χ4v) is 1.98. The maximum absolute atomic E-state index is 11.7. The van der Waals surface area contributed by atoms with E-state index < -0.39 is 10.0 Å². The molecule has 0 fully saturated rings. The Labute approximate surface area is 107 Å². The molecule has 0 aliphatic heterocycles. The molecule has 0 spiro atoms. The van der Waals surface area contributed by atoms with E-state index in [1.165, 1.54) is 12.3 Å². The Balaban J connectivity index is 2.50.